The van der Waals surface area contributed by atoms with Gasteiger partial charge in [-0.05, 0) is 48.2 Å². The van der Waals surface area contributed by atoms with Gasteiger partial charge in [0.2, 0.25) is 11.5 Å². The summed E-state index contributed by atoms with van der Waals surface area (Å²) in [5, 5.41) is 14.7. The first-order valence-electron chi connectivity index (χ1n) is 9.53. The molecule has 0 saturated carbocycles. The summed E-state index contributed by atoms with van der Waals surface area (Å²) in [5.41, 5.74) is 3.58. The second-order valence-corrected chi connectivity index (χ2v) is 7.02. The number of nitrogens with one attached hydrogen (secondary N) is 1. The minimum Gasteiger partial charge on any atom is -0.369 e. The number of nitro groups is 1. The molecule has 3 heterocycles. The maximum atomic E-state index is 11.6. The summed E-state index contributed by atoms with van der Waals surface area (Å²) in [7, 11) is 0. The van der Waals surface area contributed by atoms with E-state index in [4.69, 9.17) is 0 Å². The standard InChI is InChI=1S/C20H24N6O2/c1-3-23-10-12-24(13-11-23)16-7-8-17(15(2)14-16)21-19-20(26(27)28)25-9-5-4-6-18(25)22-19/h4-9,14,21H,3,10-13H2,1-2H3. The summed E-state index contributed by atoms with van der Waals surface area (Å²) < 4.78 is 1.49. The van der Waals surface area contributed by atoms with Crippen molar-refractivity contribution in [3.8, 4) is 0 Å². The predicted molar refractivity (Wildman–Crippen MR) is 111 cm³/mol. The van der Waals surface area contributed by atoms with Crippen LogP contribution in [0, 0.1) is 17.0 Å². The Morgan fingerprint density at radius 2 is 1.96 bits per heavy atom. The van der Waals surface area contributed by atoms with Gasteiger partial charge in [0.05, 0.1) is 6.20 Å². The third-order valence-electron chi connectivity index (χ3n) is 5.33. The van der Waals surface area contributed by atoms with Crippen LogP contribution in [0.1, 0.15) is 12.5 Å². The third-order valence-corrected chi connectivity index (χ3v) is 5.33. The summed E-state index contributed by atoms with van der Waals surface area (Å²) in [6.07, 6.45) is 1.65. The molecule has 3 aromatic rings. The average molecular weight is 380 g/mol. The number of rotatable bonds is 5. The molecule has 1 aliphatic rings. The fourth-order valence-corrected chi connectivity index (χ4v) is 3.68. The molecule has 2 aromatic heterocycles. The Bertz CT molecular complexity index is 1010. The Morgan fingerprint density at radius 1 is 1.18 bits per heavy atom. The molecule has 0 amide bonds. The number of anilines is 3. The molecular weight excluding hydrogens is 356 g/mol. The highest BCUT2D eigenvalue weighted by Gasteiger charge is 2.23. The van der Waals surface area contributed by atoms with Gasteiger partial charge in [0.15, 0.2) is 0 Å². The van der Waals surface area contributed by atoms with Gasteiger partial charge in [-0.3, -0.25) is 0 Å². The summed E-state index contributed by atoms with van der Waals surface area (Å²) >= 11 is 0. The van der Waals surface area contributed by atoms with Crippen molar-refractivity contribution in [2.24, 2.45) is 0 Å². The Balaban J connectivity index is 1.59. The van der Waals surface area contributed by atoms with Gasteiger partial charge in [-0.25, -0.2) is 0 Å². The second-order valence-electron chi connectivity index (χ2n) is 7.02. The lowest BCUT2D eigenvalue weighted by Crippen LogP contribution is -2.46. The molecule has 1 aliphatic heterocycles. The van der Waals surface area contributed by atoms with Gasteiger partial charge < -0.3 is 25.2 Å². The SMILES string of the molecule is CCN1CCN(c2ccc(Nc3nc4ccccn4c3[N+](=O)[O-])c(C)c2)CC1. The first-order chi connectivity index (χ1) is 13.6. The van der Waals surface area contributed by atoms with Crippen LogP contribution in [0.3, 0.4) is 0 Å². The van der Waals surface area contributed by atoms with E-state index in [2.05, 4.69) is 39.2 Å². The monoisotopic (exact) mass is 380 g/mol. The summed E-state index contributed by atoms with van der Waals surface area (Å²) in [6.45, 7) is 9.46. The third kappa shape index (κ3) is 3.38. The van der Waals surface area contributed by atoms with Crippen molar-refractivity contribution in [1.29, 1.82) is 0 Å². The molecule has 0 spiro atoms. The highest BCUT2D eigenvalue weighted by Crippen LogP contribution is 2.31. The first kappa shape index (κ1) is 18.2. The molecule has 0 aliphatic carbocycles. The van der Waals surface area contributed by atoms with Crippen molar-refractivity contribution in [2.75, 3.05) is 42.9 Å². The van der Waals surface area contributed by atoms with Crippen LogP contribution in [-0.4, -0.2) is 51.9 Å². The molecule has 1 saturated heterocycles. The molecule has 0 atom stereocenters. The van der Waals surface area contributed by atoms with E-state index in [0.717, 1.165) is 44.0 Å². The number of piperazine rings is 1. The number of imidazole rings is 1. The molecule has 0 radical (unpaired) electrons. The Labute approximate surface area is 163 Å². The van der Waals surface area contributed by atoms with Crippen molar-refractivity contribution in [2.45, 2.75) is 13.8 Å². The summed E-state index contributed by atoms with van der Waals surface area (Å²) in [5.74, 6) is 0.193. The van der Waals surface area contributed by atoms with E-state index in [-0.39, 0.29) is 11.6 Å². The second kappa shape index (κ2) is 7.47. The number of aromatic nitrogens is 2. The van der Waals surface area contributed by atoms with Gasteiger partial charge in [0, 0.05) is 43.6 Å². The molecule has 8 heteroatoms. The molecule has 146 valence electrons. The lowest BCUT2D eigenvalue weighted by Gasteiger charge is -2.35. The van der Waals surface area contributed by atoms with Crippen LogP contribution in [0.5, 0.6) is 0 Å². The molecule has 0 unspecified atom stereocenters. The van der Waals surface area contributed by atoms with E-state index in [1.54, 1.807) is 18.3 Å². The predicted octanol–water partition coefficient (Wildman–Crippen LogP) is 3.44. The quantitative estimate of drug-likeness (QED) is 0.540. The van der Waals surface area contributed by atoms with Gasteiger partial charge in [0.25, 0.3) is 0 Å². The molecule has 1 fully saturated rings. The Morgan fingerprint density at radius 3 is 2.64 bits per heavy atom. The largest absolute Gasteiger partial charge is 0.372 e. The van der Waals surface area contributed by atoms with Crippen molar-refractivity contribution < 1.29 is 4.92 Å². The van der Waals surface area contributed by atoms with E-state index in [1.165, 1.54) is 10.1 Å². The van der Waals surface area contributed by atoms with Gasteiger partial charge in [-0.2, -0.15) is 9.38 Å². The number of nitrogens with zero attached hydrogens (tertiary/aromatic N) is 5. The van der Waals surface area contributed by atoms with Crippen LogP contribution in [0.4, 0.5) is 23.0 Å². The van der Waals surface area contributed by atoms with Gasteiger partial charge in [-0.15, -0.1) is 0 Å². The molecular formula is C20H24N6O2. The van der Waals surface area contributed by atoms with Crippen LogP contribution in [-0.2, 0) is 0 Å². The van der Waals surface area contributed by atoms with E-state index in [0.29, 0.717) is 5.65 Å². The molecule has 0 bridgehead atoms. The van der Waals surface area contributed by atoms with E-state index in [9.17, 15) is 10.1 Å². The number of benzene rings is 1. The van der Waals surface area contributed by atoms with Gasteiger partial charge in [0.1, 0.15) is 0 Å². The fraction of sp³-hybridized carbons (Fsp3) is 0.350. The van der Waals surface area contributed by atoms with Crippen LogP contribution in [0.15, 0.2) is 42.6 Å². The van der Waals surface area contributed by atoms with Crippen molar-refractivity contribution in [3.63, 3.8) is 0 Å². The average Bonchev–Trinajstić information content (AvgIpc) is 3.07. The van der Waals surface area contributed by atoms with Gasteiger partial charge in [-0.1, -0.05) is 13.0 Å². The van der Waals surface area contributed by atoms with Crippen molar-refractivity contribution >= 4 is 28.7 Å². The highest BCUT2D eigenvalue weighted by molar-refractivity contribution is 5.72. The maximum absolute atomic E-state index is 11.6. The topological polar surface area (TPSA) is 79.0 Å². The molecule has 4 rings (SSSR count). The minimum absolute atomic E-state index is 0.0604. The highest BCUT2D eigenvalue weighted by atomic mass is 16.6. The Kier molecular flexibility index (Phi) is 4.87. The molecule has 8 nitrogen and oxygen atoms in total. The zero-order valence-electron chi connectivity index (χ0n) is 16.1. The van der Waals surface area contributed by atoms with Crippen LogP contribution in [0.25, 0.3) is 5.65 Å². The molecule has 1 N–H and O–H groups in total. The first-order valence-corrected chi connectivity index (χ1v) is 9.53. The van der Waals surface area contributed by atoms with E-state index in [1.807, 2.05) is 19.1 Å². The number of hydrogen-bond donors (Lipinski definition) is 1. The normalized spacial score (nSPS) is 15.1. The number of pyridine rings is 1. The van der Waals surface area contributed by atoms with Crippen molar-refractivity contribution in [3.05, 3.63) is 58.3 Å². The number of fused-ring (bicyclic) bond motifs is 1. The number of likely N-dealkylation sites (N-methyl/N-ethyl adjacent to an activating group) is 1. The Hall–Kier alpha value is -3.13. The maximum Gasteiger partial charge on any atom is 0.372 e. The van der Waals surface area contributed by atoms with Crippen LogP contribution < -0.4 is 10.2 Å². The number of aryl methyl sites for hydroxylation is 1. The molecule has 28 heavy (non-hydrogen) atoms. The smallest absolute Gasteiger partial charge is 0.369 e. The van der Waals surface area contributed by atoms with Crippen molar-refractivity contribution in [1.82, 2.24) is 14.3 Å². The lowest BCUT2D eigenvalue weighted by atomic mass is 10.1. The van der Waals surface area contributed by atoms with E-state index < -0.39 is 4.92 Å². The zero-order valence-corrected chi connectivity index (χ0v) is 16.1. The number of hydrogen-bond acceptors (Lipinski definition) is 6. The summed E-state index contributed by atoms with van der Waals surface area (Å²) in [6, 6.07) is 11.5. The minimum atomic E-state index is -0.404. The van der Waals surface area contributed by atoms with Crippen LogP contribution >= 0.6 is 0 Å². The summed E-state index contributed by atoms with van der Waals surface area (Å²) in [4.78, 5) is 20.4. The van der Waals surface area contributed by atoms with Crippen LogP contribution in [0.2, 0.25) is 0 Å². The zero-order chi connectivity index (χ0) is 19.7. The van der Waals surface area contributed by atoms with Gasteiger partial charge >= 0.3 is 5.82 Å². The lowest BCUT2D eigenvalue weighted by molar-refractivity contribution is -0.389. The fourth-order valence-electron chi connectivity index (χ4n) is 3.68. The van der Waals surface area contributed by atoms with E-state index >= 15 is 0 Å². The molecule has 1 aromatic carbocycles.